The lowest BCUT2D eigenvalue weighted by molar-refractivity contribution is 0.262. The van der Waals surface area contributed by atoms with Gasteiger partial charge in [-0.1, -0.05) is 32.9 Å². The van der Waals surface area contributed by atoms with Gasteiger partial charge in [0.15, 0.2) is 0 Å². The van der Waals surface area contributed by atoms with E-state index in [1.54, 1.807) is 59.8 Å². The maximum absolute atomic E-state index is 13.1. The topological polar surface area (TPSA) is 136 Å². The Morgan fingerprint density at radius 1 is 0.884 bits per heavy atom. The minimum Gasteiger partial charge on any atom is -0.424 e. The molecule has 0 aliphatic rings. The van der Waals surface area contributed by atoms with Crippen LogP contribution in [0.1, 0.15) is 26.5 Å². The molecule has 43 heavy (non-hydrogen) atoms. The fourth-order valence-electron chi connectivity index (χ4n) is 4.31. The summed E-state index contributed by atoms with van der Waals surface area (Å²) in [4.78, 5) is 25.9. The van der Waals surface area contributed by atoms with Crippen LogP contribution >= 0.6 is 0 Å². The van der Waals surface area contributed by atoms with Gasteiger partial charge in [0.2, 0.25) is 0 Å². The van der Waals surface area contributed by atoms with Crippen LogP contribution in [0.2, 0.25) is 0 Å². The molecule has 11 heteroatoms. The number of carbonyl (C=O) groups is 1. The predicted molar refractivity (Wildman–Crippen MR) is 164 cm³/mol. The summed E-state index contributed by atoms with van der Waals surface area (Å²) in [5.41, 5.74) is 5.50. The summed E-state index contributed by atoms with van der Waals surface area (Å²) in [6, 6.07) is 22.1. The number of ether oxygens (including phenoxy) is 1. The third-order valence-electron chi connectivity index (χ3n) is 6.55. The molecule has 0 atom stereocenters. The van der Waals surface area contributed by atoms with E-state index in [1.807, 2.05) is 48.7 Å². The molecule has 0 bridgehead atoms. The van der Waals surface area contributed by atoms with E-state index in [4.69, 9.17) is 9.84 Å². The second kappa shape index (κ2) is 11.6. The van der Waals surface area contributed by atoms with Crippen LogP contribution in [0.5, 0.6) is 11.8 Å². The van der Waals surface area contributed by atoms with Crippen LogP contribution in [0, 0.1) is 0 Å². The zero-order valence-electron chi connectivity index (χ0n) is 23.8. The van der Waals surface area contributed by atoms with Crippen molar-refractivity contribution in [3.63, 3.8) is 0 Å². The number of hydrogen-bond donors (Lipinski definition) is 3. The quantitative estimate of drug-likeness (QED) is 0.191. The highest BCUT2D eigenvalue weighted by Gasteiger charge is 2.22. The molecule has 11 nitrogen and oxygen atoms in total. The van der Waals surface area contributed by atoms with E-state index in [-0.39, 0.29) is 11.4 Å². The number of aromatic nitrogens is 7. The number of nitrogens with zero attached hydrogens (tertiary/aromatic N) is 6. The normalized spacial score (nSPS) is 11.2. The van der Waals surface area contributed by atoms with E-state index >= 15 is 0 Å². The second-order valence-corrected chi connectivity index (χ2v) is 10.8. The lowest BCUT2D eigenvalue weighted by Gasteiger charge is -2.14. The van der Waals surface area contributed by atoms with E-state index in [2.05, 4.69) is 56.6 Å². The van der Waals surface area contributed by atoms with Crippen molar-refractivity contribution >= 4 is 17.5 Å². The third-order valence-corrected chi connectivity index (χ3v) is 6.55. The highest BCUT2D eigenvalue weighted by molar-refractivity contribution is 5.99. The summed E-state index contributed by atoms with van der Waals surface area (Å²) in [7, 11) is 0. The summed E-state index contributed by atoms with van der Waals surface area (Å²) < 4.78 is 7.58. The van der Waals surface area contributed by atoms with Gasteiger partial charge in [0.25, 0.3) is 0 Å². The average molecular weight is 572 g/mol. The molecule has 0 fully saturated rings. The molecule has 3 N–H and O–H groups in total. The number of aromatic amines is 1. The van der Waals surface area contributed by atoms with Crippen LogP contribution < -0.4 is 15.4 Å². The summed E-state index contributed by atoms with van der Waals surface area (Å²) in [6.07, 6.45) is 8.66. The van der Waals surface area contributed by atoms with Crippen LogP contribution in [-0.4, -0.2) is 41.0 Å². The minimum absolute atomic E-state index is 0.208. The monoisotopic (exact) mass is 571 g/mol. The van der Waals surface area contributed by atoms with Crippen molar-refractivity contribution in [3.8, 4) is 39.8 Å². The molecule has 0 saturated carbocycles. The average Bonchev–Trinajstić information content (AvgIpc) is 3.70. The number of carbonyl (C=O) groups excluding carboxylic acids is 1. The highest BCUT2D eigenvalue weighted by atomic mass is 16.5. The van der Waals surface area contributed by atoms with Crippen molar-refractivity contribution in [1.29, 1.82) is 0 Å². The molecule has 0 saturated heterocycles. The molecule has 0 radical (unpaired) electrons. The van der Waals surface area contributed by atoms with Gasteiger partial charge in [-0.3, -0.25) is 15.4 Å². The zero-order valence-corrected chi connectivity index (χ0v) is 23.8. The fourth-order valence-corrected chi connectivity index (χ4v) is 4.31. The maximum atomic E-state index is 13.1. The molecular formula is C32H29N9O2. The largest absolute Gasteiger partial charge is 0.424 e. The number of anilines is 2. The Labute approximate surface area is 248 Å². The highest BCUT2D eigenvalue weighted by Crippen LogP contribution is 2.29. The van der Waals surface area contributed by atoms with Gasteiger partial charge in [-0.05, 0) is 60.2 Å². The van der Waals surface area contributed by atoms with Gasteiger partial charge in [0, 0.05) is 53.1 Å². The number of pyridine rings is 1. The molecule has 6 aromatic rings. The number of urea groups is 1. The van der Waals surface area contributed by atoms with Crippen LogP contribution in [0.25, 0.3) is 28.1 Å². The zero-order chi connectivity index (χ0) is 29.8. The first kappa shape index (κ1) is 27.3. The molecule has 0 aliphatic carbocycles. The fraction of sp³-hybridized carbons (Fsp3) is 0.125. The number of hydrogen-bond acceptors (Lipinski definition) is 7. The Bertz CT molecular complexity index is 1840. The van der Waals surface area contributed by atoms with Crippen LogP contribution in [0.3, 0.4) is 0 Å². The van der Waals surface area contributed by atoms with E-state index in [0.29, 0.717) is 22.9 Å². The predicted octanol–water partition coefficient (Wildman–Crippen LogP) is 6.85. The van der Waals surface area contributed by atoms with Gasteiger partial charge in [0.05, 0.1) is 23.3 Å². The van der Waals surface area contributed by atoms with Gasteiger partial charge >= 0.3 is 12.0 Å². The standard InChI is InChI=1S/C32H29N9O2/c1-32(2,3)28-17-29(41(40-28)25-8-4-6-21(16-25)23-19-35-36-20-23)39-30(42)37-24-9-11-26(12-10-24)43-31-34-15-13-27(38-31)22-7-5-14-33-18-22/h4-20H,1-3H3,(H,35,36)(H2,37,39,42). The third kappa shape index (κ3) is 6.41. The SMILES string of the molecule is CC(C)(C)c1cc(NC(=O)Nc2ccc(Oc3nccc(-c4cccnc4)n3)cc2)n(-c2cccc(-c3cn[nH]c3)c2)n1. The Balaban J connectivity index is 1.16. The van der Waals surface area contributed by atoms with Gasteiger partial charge in [-0.2, -0.15) is 15.2 Å². The first-order chi connectivity index (χ1) is 20.8. The number of rotatable bonds is 7. The Morgan fingerprint density at radius 2 is 1.72 bits per heavy atom. The molecule has 0 spiro atoms. The van der Waals surface area contributed by atoms with E-state index in [9.17, 15) is 4.79 Å². The molecule has 2 aromatic carbocycles. The van der Waals surface area contributed by atoms with E-state index in [0.717, 1.165) is 28.1 Å². The van der Waals surface area contributed by atoms with Gasteiger partial charge < -0.3 is 10.1 Å². The van der Waals surface area contributed by atoms with Gasteiger partial charge in [-0.15, -0.1) is 0 Å². The molecular weight excluding hydrogens is 542 g/mol. The smallest absolute Gasteiger partial charge is 0.324 e. The Hall–Kier alpha value is -5.84. The van der Waals surface area contributed by atoms with Crippen molar-refractivity contribution in [1.82, 2.24) is 34.9 Å². The van der Waals surface area contributed by atoms with Crippen LogP contribution in [-0.2, 0) is 5.41 Å². The number of H-pyrrole nitrogens is 1. The van der Waals surface area contributed by atoms with Gasteiger partial charge in [0.1, 0.15) is 11.6 Å². The Morgan fingerprint density at radius 3 is 2.47 bits per heavy atom. The summed E-state index contributed by atoms with van der Waals surface area (Å²) in [6.45, 7) is 6.24. The molecule has 4 heterocycles. The van der Waals surface area contributed by atoms with Crippen LogP contribution in [0.4, 0.5) is 16.3 Å². The van der Waals surface area contributed by atoms with Crippen molar-refractivity contribution in [2.75, 3.05) is 10.6 Å². The molecule has 6 rings (SSSR count). The first-order valence-corrected chi connectivity index (χ1v) is 13.6. The Kier molecular flexibility index (Phi) is 7.35. The lowest BCUT2D eigenvalue weighted by Crippen LogP contribution is -2.21. The molecule has 2 amide bonds. The van der Waals surface area contributed by atoms with Crippen molar-refractivity contribution in [2.45, 2.75) is 26.2 Å². The summed E-state index contributed by atoms with van der Waals surface area (Å²) in [5.74, 6) is 1.07. The molecule has 214 valence electrons. The summed E-state index contributed by atoms with van der Waals surface area (Å²) in [5, 5.41) is 17.5. The van der Waals surface area contributed by atoms with E-state index < -0.39 is 6.03 Å². The van der Waals surface area contributed by atoms with Crippen molar-refractivity contribution < 1.29 is 9.53 Å². The lowest BCUT2D eigenvalue weighted by atomic mass is 9.92. The molecule has 0 aliphatic heterocycles. The molecule has 0 unspecified atom stereocenters. The molecule has 4 aromatic heterocycles. The second-order valence-electron chi connectivity index (χ2n) is 10.8. The first-order valence-electron chi connectivity index (χ1n) is 13.6. The van der Waals surface area contributed by atoms with Gasteiger partial charge in [-0.25, -0.2) is 14.5 Å². The van der Waals surface area contributed by atoms with Crippen molar-refractivity contribution in [3.05, 3.63) is 109 Å². The maximum Gasteiger partial charge on any atom is 0.324 e. The number of amides is 2. The number of benzene rings is 2. The van der Waals surface area contributed by atoms with Crippen LogP contribution in [0.15, 0.2) is 104 Å². The van der Waals surface area contributed by atoms with E-state index in [1.165, 1.54) is 0 Å². The number of nitrogens with one attached hydrogen (secondary N) is 3. The van der Waals surface area contributed by atoms with Crippen molar-refractivity contribution in [2.24, 2.45) is 0 Å². The minimum atomic E-state index is -0.409. The summed E-state index contributed by atoms with van der Waals surface area (Å²) >= 11 is 0.